The zero-order valence-electron chi connectivity index (χ0n) is 10.8. The molecule has 106 valence electrons. The van der Waals surface area contributed by atoms with Crippen LogP contribution in [0.5, 0.6) is 11.5 Å². The Kier molecular flexibility index (Phi) is 4.79. The average Bonchev–Trinajstić information content (AvgIpc) is 2.46. The number of ether oxygens (including phenoxy) is 2. The summed E-state index contributed by atoms with van der Waals surface area (Å²) >= 11 is 0. The first-order valence-corrected chi connectivity index (χ1v) is 6.18. The third-order valence-corrected chi connectivity index (χ3v) is 2.58. The molecule has 2 rings (SSSR count). The van der Waals surface area contributed by atoms with Crippen molar-refractivity contribution in [3.8, 4) is 11.5 Å². The van der Waals surface area contributed by atoms with Gasteiger partial charge in [0, 0.05) is 5.69 Å². The third-order valence-electron chi connectivity index (χ3n) is 2.58. The molecule has 0 radical (unpaired) electrons. The summed E-state index contributed by atoms with van der Waals surface area (Å²) in [7, 11) is 0. The van der Waals surface area contributed by atoms with E-state index in [0.29, 0.717) is 17.2 Å². The number of nitrogen functional groups attached to an aromatic ring is 1. The number of anilines is 1. The molecule has 2 aromatic rings. The lowest BCUT2D eigenvalue weighted by Crippen LogP contribution is -2.25. The third kappa shape index (κ3) is 4.44. The quantitative estimate of drug-likeness (QED) is 0.795. The van der Waals surface area contributed by atoms with E-state index in [4.69, 9.17) is 15.2 Å². The molecular formula is C15H16FNO3. The van der Waals surface area contributed by atoms with Crippen LogP contribution in [0.25, 0.3) is 0 Å². The van der Waals surface area contributed by atoms with Crippen LogP contribution in [0.4, 0.5) is 10.1 Å². The van der Waals surface area contributed by atoms with E-state index in [-0.39, 0.29) is 19.0 Å². The standard InChI is InChI=1S/C15H16FNO3/c16-11-1-5-14(6-2-11)19-9-13(18)10-20-15-7-3-12(17)4-8-15/h1-8,13,18H,9-10,17H2. The number of benzene rings is 2. The maximum Gasteiger partial charge on any atom is 0.123 e. The molecule has 2 aromatic carbocycles. The van der Waals surface area contributed by atoms with E-state index in [0.717, 1.165) is 0 Å². The van der Waals surface area contributed by atoms with E-state index in [9.17, 15) is 9.50 Å². The lowest BCUT2D eigenvalue weighted by atomic mass is 10.3. The summed E-state index contributed by atoms with van der Waals surface area (Å²) in [4.78, 5) is 0. The van der Waals surface area contributed by atoms with Crippen LogP contribution in [0, 0.1) is 5.82 Å². The minimum Gasteiger partial charge on any atom is -0.491 e. The van der Waals surface area contributed by atoms with Crippen LogP contribution in [-0.2, 0) is 0 Å². The lowest BCUT2D eigenvalue weighted by molar-refractivity contribution is 0.0626. The van der Waals surface area contributed by atoms with Crippen molar-refractivity contribution in [2.24, 2.45) is 0 Å². The van der Waals surface area contributed by atoms with Gasteiger partial charge in [0.05, 0.1) is 0 Å². The summed E-state index contributed by atoms with van der Waals surface area (Å²) in [5, 5.41) is 9.73. The summed E-state index contributed by atoms with van der Waals surface area (Å²) in [6.07, 6.45) is -0.780. The second kappa shape index (κ2) is 6.77. The number of hydrogen-bond donors (Lipinski definition) is 2. The number of aliphatic hydroxyl groups excluding tert-OH is 1. The molecule has 0 heterocycles. The molecular weight excluding hydrogens is 261 g/mol. The number of nitrogens with two attached hydrogens (primary N) is 1. The molecule has 0 aliphatic carbocycles. The van der Waals surface area contributed by atoms with Gasteiger partial charge in [-0.05, 0) is 48.5 Å². The molecule has 0 aliphatic rings. The number of aliphatic hydroxyl groups is 1. The number of hydrogen-bond acceptors (Lipinski definition) is 4. The van der Waals surface area contributed by atoms with Gasteiger partial charge in [-0.1, -0.05) is 0 Å². The van der Waals surface area contributed by atoms with E-state index in [2.05, 4.69) is 0 Å². The summed E-state index contributed by atoms with van der Waals surface area (Å²) in [6, 6.07) is 12.5. The molecule has 0 bridgehead atoms. The van der Waals surface area contributed by atoms with Gasteiger partial charge in [-0.15, -0.1) is 0 Å². The molecule has 0 spiro atoms. The Morgan fingerprint density at radius 3 is 1.85 bits per heavy atom. The van der Waals surface area contributed by atoms with Crippen molar-refractivity contribution in [3.05, 3.63) is 54.3 Å². The molecule has 0 saturated heterocycles. The zero-order chi connectivity index (χ0) is 14.4. The second-order valence-electron chi connectivity index (χ2n) is 4.30. The van der Waals surface area contributed by atoms with E-state index < -0.39 is 6.10 Å². The van der Waals surface area contributed by atoms with E-state index in [1.807, 2.05) is 0 Å². The van der Waals surface area contributed by atoms with Crippen molar-refractivity contribution >= 4 is 5.69 Å². The molecule has 5 heteroatoms. The predicted octanol–water partition coefficient (Wildman–Crippen LogP) is 2.23. The van der Waals surface area contributed by atoms with Gasteiger partial charge < -0.3 is 20.3 Å². The first-order chi connectivity index (χ1) is 9.63. The van der Waals surface area contributed by atoms with Gasteiger partial charge >= 0.3 is 0 Å². The fourth-order valence-electron chi connectivity index (χ4n) is 1.53. The maximum absolute atomic E-state index is 12.7. The van der Waals surface area contributed by atoms with Gasteiger partial charge in [0.2, 0.25) is 0 Å². The Morgan fingerprint density at radius 1 is 0.900 bits per heavy atom. The summed E-state index contributed by atoms with van der Waals surface area (Å²) in [5.41, 5.74) is 6.20. The average molecular weight is 277 g/mol. The normalized spacial score (nSPS) is 11.9. The highest BCUT2D eigenvalue weighted by Gasteiger charge is 2.06. The molecule has 1 unspecified atom stereocenters. The van der Waals surface area contributed by atoms with Crippen molar-refractivity contribution < 1.29 is 19.0 Å². The maximum atomic E-state index is 12.7. The van der Waals surface area contributed by atoms with Crippen LogP contribution >= 0.6 is 0 Å². The van der Waals surface area contributed by atoms with Crippen LogP contribution in [-0.4, -0.2) is 24.4 Å². The highest BCUT2D eigenvalue weighted by molar-refractivity contribution is 5.41. The van der Waals surface area contributed by atoms with E-state index in [1.165, 1.54) is 24.3 Å². The first-order valence-electron chi connectivity index (χ1n) is 6.18. The van der Waals surface area contributed by atoms with Gasteiger partial charge in [-0.2, -0.15) is 0 Å². The van der Waals surface area contributed by atoms with Gasteiger partial charge in [-0.3, -0.25) is 0 Å². The van der Waals surface area contributed by atoms with Crippen molar-refractivity contribution in [1.82, 2.24) is 0 Å². The fraction of sp³-hybridized carbons (Fsp3) is 0.200. The Labute approximate surface area is 116 Å². The largest absolute Gasteiger partial charge is 0.491 e. The van der Waals surface area contributed by atoms with Crippen molar-refractivity contribution in [2.45, 2.75) is 6.10 Å². The van der Waals surface area contributed by atoms with E-state index >= 15 is 0 Å². The molecule has 0 aliphatic heterocycles. The highest BCUT2D eigenvalue weighted by Crippen LogP contribution is 2.14. The van der Waals surface area contributed by atoms with Gasteiger partial charge in [0.25, 0.3) is 0 Å². The topological polar surface area (TPSA) is 64.7 Å². The molecule has 1 atom stereocenters. The Balaban J connectivity index is 1.73. The molecule has 0 amide bonds. The second-order valence-corrected chi connectivity index (χ2v) is 4.30. The monoisotopic (exact) mass is 277 g/mol. The zero-order valence-corrected chi connectivity index (χ0v) is 10.8. The summed E-state index contributed by atoms with van der Waals surface area (Å²) in [6.45, 7) is 0.172. The Morgan fingerprint density at radius 2 is 1.35 bits per heavy atom. The number of rotatable bonds is 6. The van der Waals surface area contributed by atoms with Crippen molar-refractivity contribution in [3.63, 3.8) is 0 Å². The van der Waals surface area contributed by atoms with Gasteiger partial charge in [0.1, 0.15) is 36.6 Å². The van der Waals surface area contributed by atoms with Crippen LogP contribution < -0.4 is 15.2 Å². The summed E-state index contributed by atoms with van der Waals surface area (Å²) in [5.74, 6) is 0.794. The lowest BCUT2D eigenvalue weighted by Gasteiger charge is -2.13. The number of halogens is 1. The van der Waals surface area contributed by atoms with Gasteiger partial charge in [0.15, 0.2) is 0 Å². The first kappa shape index (κ1) is 14.1. The Bertz CT molecular complexity index is 478. The Hall–Kier alpha value is -2.27. The van der Waals surface area contributed by atoms with Crippen molar-refractivity contribution in [1.29, 1.82) is 0 Å². The van der Waals surface area contributed by atoms with Crippen LogP contribution in [0.3, 0.4) is 0 Å². The molecule has 0 saturated carbocycles. The molecule has 4 nitrogen and oxygen atoms in total. The van der Waals surface area contributed by atoms with Crippen LogP contribution in [0.15, 0.2) is 48.5 Å². The van der Waals surface area contributed by atoms with Crippen LogP contribution in [0.1, 0.15) is 0 Å². The summed E-state index contributed by atoms with van der Waals surface area (Å²) < 4.78 is 23.4. The smallest absolute Gasteiger partial charge is 0.123 e. The fourth-order valence-corrected chi connectivity index (χ4v) is 1.53. The van der Waals surface area contributed by atoms with Crippen molar-refractivity contribution in [2.75, 3.05) is 18.9 Å². The molecule has 0 aromatic heterocycles. The van der Waals surface area contributed by atoms with Gasteiger partial charge in [-0.25, -0.2) is 4.39 Å². The SMILES string of the molecule is Nc1ccc(OCC(O)COc2ccc(F)cc2)cc1. The molecule has 3 N–H and O–H groups in total. The predicted molar refractivity (Wildman–Crippen MR) is 74.3 cm³/mol. The minimum absolute atomic E-state index is 0.0700. The van der Waals surface area contributed by atoms with Crippen LogP contribution in [0.2, 0.25) is 0 Å². The minimum atomic E-state index is -0.780. The van der Waals surface area contributed by atoms with E-state index in [1.54, 1.807) is 24.3 Å². The molecule has 0 fully saturated rings. The molecule has 20 heavy (non-hydrogen) atoms. The highest BCUT2D eigenvalue weighted by atomic mass is 19.1.